The van der Waals surface area contributed by atoms with Crippen molar-refractivity contribution in [1.82, 2.24) is 30.1 Å². The quantitative estimate of drug-likeness (QED) is 0.241. The van der Waals surface area contributed by atoms with Crippen LogP contribution in [0.3, 0.4) is 0 Å². The number of aryl methyl sites for hydroxylation is 1. The van der Waals surface area contributed by atoms with Gasteiger partial charge in [0.15, 0.2) is 5.65 Å². The van der Waals surface area contributed by atoms with Crippen molar-refractivity contribution in [3.05, 3.63) is 78.6 Å². The number of rotatable bonds is 4. The predicted octanol–water partition coefficient (Wildman–Crippen LogP) is 6.66. The molecule has 39 heavy (non-hydrogen) atoms. The molecule has 0 atom stereocenters. The van der Waals surface area contributed by atoms with Crippen molar-refractivity contribution in [2.75, 3.05) is 5.32 Å². The van der Waals surface area contributed by atoms with E-state index < -0.39 is 5.41 Å². The van der Waals surface area contributed by atoms with Crippen LogP contribution in [0.2, 0.25) is 0 Å². The van der Waals surface area contributed by atoms with Gasteiger partial charge < -0.3 is 10.3 Å². The highest BCUT2D eigenvalue weighted by Crippen LogP contribution is 2.34. The molecule has 0 aliphatic heterocycles. The predicted molar refractivity (Wildman–Crippen MR) is 150 cm³/mol. The Kier molecular flexibility index (Phi) is 5.71. The Bertz CT molecular complexity index is 1860. The molecule has 194 valence electrons. The molecular formula is C30H26FN7O. The van der Waals surface area contributed by atoms with Gasteiger partial charge in [0.25, 0.3) is 0 Å². The number of benzene rings is 1. The molecule has 1 amide bonds. The van der Waals surface area contributed by atoms with E-state index in [0.29, 0.717) is 28.3 Å². The Labute approximate surface area is 223 Å². The monoisotopic (exact) mass is 519 g/mol. The van der Waals surface area contributed by atoms with E-state index in [1.54, 1.807) is 24.8 Å². The molecule has 8 nitrogen and oxygen atoms in total. The van der Waals surface area contributed by atoms with Crippen LogP contribution in [-0.2, 0) is 4.79 Å². The van der Waals surface area contributed by atoms with Crippen molar-refractivity contribution in [3.8, 4) is 33.8 Å². The first-order chi connectivity index (χ1) is 18.7. The Morgan fingerprint density at radius 3 is 2.51 bits per heavy atom. The van der Waals surface area contributed by atoms with Crippen LogP contribution in [0.1, 0.15) is 26.3 Å². The molecule has 0 fully saturated rings. The molecular weight excluding hydrogens is 493 g/mol. The molecule has 6 aromatic rings. The van der Waals surface area contributed by atoms with Gasteiger partial charge >= 0.3 is 0 Å². The van der Waals surface area contributed by atoms with Crippen LogP contribution in [0.4, 0.5) is 10.1 Å². The van der Waals surface area contributed by atoms with Crippen molar-refractivity contribution in [1.29, 1.82) is 0 Å². The number of hydrogen-bond acceptors (Lipinski definition) is 5. The van der Waals surface area contributed by atoms with E-state index in [9.17, 15) is 9.18 Å². The Morgan fingerprint density at radius 2 is 1.72 bits per heavy atom. The van der Waals surface area contributed by atoms with Gasteiger partial charge in [-0.15, -0.1) is 0 Å². The van der Waals surface area contributed by atoms with Gasteiger partial charge in [-0.2, -0.15) is 5.10 Å². The molecule has 5 heterocycles. The zero-order valence-corrected chi connectivity index (χ0v) is 21.9. The van der Waals surface area contributed by atoms with Crippen LogP contribution < -0.4 is 5.32 Å². The number of nitrogens with zero attached hydrogens (tertiary/aromatic N) is 4. The highest BCUT2D eigenvalue weighted by atomic mass is 19.1. The maximum absolute atomic E-state index is 14.2. The van der Waals surface area contributed by atoms with Crippen molar-refractivity contribution >= 4 is 33.5 Å². The van der Waals surface area contributed by atoms with Gasteiger partial charge in [-0.3, -0.25) is 19.9 Å². The minimum atomic E-state index is -0.523. The summed E-state index contributed by atoms with van der Waals surface area (Å²) in [6, 6.07) is 12.6. The molecule has 0 aliphatic carbocycles. The first-order valence-corrected chi connectivity index (χ1v) is 12.5. The lowest BCUT2D eigenvalue weighted by atomic mass is 9.95. The molecule has 9 heteroatoms. The zero-order valence-electron chi connectivity index (χ0n) is 21.9. The van der Waals surface area contributed by atoms with Crippen LogP contribution in [-0.4, -0.2) is 36.0 Å². The van der Waals surface area contributed by atoms with Crippen LogP contribution in [0, 0.1) is 18.2 Å². The largest absolute Gasteiger partial charge is 0.353 e. The number of carbonyl (C=O) groups excluding carboxylic acids is 1. The Morgan fingerprint density at radius 1 is 0.897 bits per heavy atom. The number of pyridine rings is 3. The molecule has 0 saturated carbocycles. The second kappa shape index (κ2) is 9.13. The average Bonchev–Trinajstić information content (AvgIpc) is 3.51. The standard InChI is InChI=1S/C30H26FN7O/c1-16-7-17(9-20(31)8-16)26-22-12-25(36-24(22)5-6-33-26)27-23-11-19(14-34-28(23)38-37-27)18-10-21(15-32-13-18)35-29(39)30(2,3)4/h5-15,36H,1-4H3,(H,35,39)(H,34,37,38). The van der Waals surface area contributed by atoms with Gasteiger partial charge in [-0.1, -0.05) is 20.8 Å². The zero-order chi connectivity index (χ0) is 27.3. The van der Waals surface area contributed by atoms with Gasteiger partial charge in [0.05, 0.1) is 23.3 Å². The second-order valence-corrected chi connectivity index (χ2v) is 10.7. The summed E-state index contributed by atoms with van der Waals surface area (Å²) >= 11 is 0. The lowest BCUT2D eigenvalue weighted by molar-refractivity contribution is -0.123. The number of halogens is 1. The maximum Gasteiger partial charge on any atom is 0.229 e. The summed E-state index contributed by atoms with van der Waals surface area (Å²) in [5.74, 6) is -0.388. The van der Waals surface area contributed by atoms with Crippen LogP contribution in [0.15, 0.2) is 67.3 Å². The van der Waals surface area contributed by atoms with E-state index in [4.69, 9.17) is 0 Å². The number of amides is 1. The van der Waals surface area contributed by atoms with E-state index in [2.05, 4.69) is 35.5 Å². The molecule has 3 N–H and O–H groups in total. The van der Waals surface area contributed by atoms with E-state index in [-0.39, 0.29) is 11.7 Å². The molecule has 0 bridgehead atoms. The van der Waals surface area contributed by atoms with Crippen molar-refractivity contribution in [2.45, 2.75) is 27.7 Å². The van der Waals surface area contributed by atoms with Crippen LogP contribution in [0.5, 0.6) is 0 Å². The maximum atomic E-state index is 14.2. The summed E-state index contributed by atoms with van der Waals surface area (Å²) in [7, 11) is 0. The topological polar surface area (TPSA) is 112 Å². The van der Waals surface area contributed by atoms with Crippen molar-refractivity contribution in [2.24, 2.45) is 5.41 Å². The first kappa shape index (κ1) is 24.4. The highest BCUT2D eigenvalue weighted by Gasteiger charge is 2.21. The molecule has 0 aliphatic rings. The molecule has 0 radical (unpaired) electrons. The third-order valence-electron chi connectivity index (χ3n) is 6.55. The lowest BCUT2D eigenvalue weighted by Crippen LogP contribution is -2.27. The van der Waals surface area contributed by atoms with E-state index >= 15 is 0 Å². The van der Waals surface area contributed by atoms with Gasteiger partial charge in [-0.05, 0) is 55.0 Å². The second-order valence-electron chi connectivity index (χ2n) is 10.7. The smallest absolute Gasteiger partial charge is 0.229 e. The van der Waals surface area contributed by atoms with E-state index in [0.717, 1.165) is 38.7 Å². The third kappa shape index (κ3) is 4.63. The summed E-state index contributed by atoms with van der Waals surface area (Å²) in [5, 5.41) is 12.2. The summed E-state index contributed by atoms with van der Waals surface area (Å²) in [6.07, 6.45) is 6.81. The normalized spacial score (nSPS) is 11.8. The number of aromatic nitrogens is 6. The molecule has 1 aromatic carbocycles. The molecule has 0 spiro atoms. The summed E-state index contributed by atoms with van der Waals surface area (Å²) in [6.45, 7) is 7.44. The minimum Gasteiger partial charge on any atom is -0.353 e. The van der Waals surface area contributed by atoms with Crippen molar-refractivity contribution < 1.29 is 9.18 Å². The number of fused-ring (bicyclic) bond motifs is 2. The van der Waals surface area contributed by atoms with E-state index in [1.807, 2.05) is 58.0 Å². The van der Waals surface area contributed by atoms with Gasteiger partial charge in [0.1, 0.15) is 11.5 Å². The number of nitrogens with one attached hydrogen (secondary N) is 3. The molecule has 5 aromatic heterocycles. The number of hydrogen-bond donors (Lipinski definition) is 3. The van der Waals surface area contributed by atoms with Gasteiger partial charge in [0.2, 0.25) is 5.91 Å². The Balaban J connectivity index is 1.41. The fourth-order valence-electron chi connectivity index (χ4n) is 4.54. The van der Waals surface area contributed by atoms with Crippen LogP contribution in [0.25, 0.3) is 55.7 Å². The first-order valence-electron chi connectivity index (χ1n) is 12.5. The highest BCUT2D eigenvalue weighted by molar-refractivity contribution is 6.00. The lowest BCUT2D eigenvalue weighted by Gasteiger charge is -2.17. The van der Waals surface area contributed by atoms with Gasteiger partial charge in [-0.25, -0.2) is 9.37 Å². The minimum absolute atomic E-state index is 0.0896. The number of carbonyl (C=O) groups is 1. The van der Waals surface area contributed by atoms with Gasteiger partial charge in [0, 0.05) is 57.0 Å². The number of H-pyrrole nitrogens is 2. The van der Waals surface area contributed by atoms with Crippen molar-refractivity contribution in [3.63, 3.8) is 0 Å². The molecule has 0 saturated heterocycles. The SMILES string of the molecule is Cc1cc(F)cc(-c2nccc3[nH]c(-c4n[nH]c5ncc(-c6cncc(NC(=O)C(C)(C)C)c6)cc45)cc23)c1. The fourth-order valence-corrected chi connectivity index (χ4v) is 4.54. The number of anilines is 1. The summed E-state index contributed by atoms with van der Waals surface area (Å²) in [4.78, 5) is 29.3. The molecule has 0 unspecified atom stereocenters. The van der Waals surface area contributed by atoms with Crippen LogP contribution >= 0.6 is 0 Å². The fraction of sp³-hybridized carbons (Fsp3) is 0.167. The Hall–Kier alpha value is -4.92. The summed E-state index contributed by atoms with van der Waals surface area (Å²) < 4.78 is 14.2. The van der Waals surface area contributed by atoms with E-state index in [1.165, 1.54) is 12.1 Å². The number of aromatic amines is 2. The average molecular weight is 520 g/mol. The third-order valence-corrected chi connectivity index (χ3v) is 6.55. The molecule has 6 rings (SSSR count). The summed E-state index contributed by atoms with van der Waals surface area (Å²) in [5.41, 5.74) is 6.94.